The third kappa shape index (κ3) is 4.55. The van der Waals surface area contributed by atoms with E-state index >= 15 is 0 Å². The van der Waals surface area contributed by atoms with Crippen LogP contribution >= 0.6 is 0 Å². The van der Waals surface area contributed by atoms with Crippen LogP contribution in [-0.2, 0) is 20.0 Å². The molecule has 0 aliphatic carbocycles. The van der Waals surface area contributed by atoms with Crippen LogP contribution in [0.5, 0.6) is 5.88 Å². The van der Waals surface area contributed by atoms with Gasteiger partial charge < -0.3 is 4.74 Å². The molecule has 9 nitrogen and oxygen atoms in total. The molecular weight excluding hydrogens is 356 g/mol. The van der Waals surface area contributed by atoms with E-state index in [4.69, 9.17) is 4.74 Å². The quantitative estimate of drug-likeness (QED) is 0.743. The molecule has 0 aliphatic heterocycles. The number of benzene rings is 1. The lowest BCUT2D eigenvalue weighted by Gasteiger charge is -2.09. The van der Waals surface area contributed by atoms with E-state index in [0.29, 0.717) is 0 Å². The minimum atomic E-state index is -3.88. The van der Waals surface area contributed by atoms with Crippen LogP contribution in [0.1, 0.15) is 6.92 Å². The van der Waals surface area contributed by atoms with E-state index in [1.54, 1.807) is 0 Å². The highest BCUT2D eigenvalue weighted by atomic mass is 32.2. The van der Waals surface area contributed by atoms with E-state index in [-0.39, 0.29) is 28.0 Å². The molecule has 11 heteroatoms. The second-order valence-electron chi connectivity index (χ2n) is 4.58. The highest BCUT2D eigenvalue weighted by Gasteiger charge is 2.16. The second kappa shape index (κ2) is 7.01. The topological polar surface area (TPSA) is 127 Å². The lowest BCUT2D eigenvalue weighted by atomic mass is 10.3. The van der Waals surface area contributed by atoms with E-state index in [1.807, 2.05) is 0 Å². The largest absolute Gasteiger partial charge is 0.481 e. The van der Waals surface area contributed by atoms with E-state index in [0.717, 1.165) is 0 Å². The number of hydrogen-bond acceptors (Lipinski definition) is 7. The number of nitrogens with zero attached hydrogens (tertiary/aromatic N) is 2. The molecule has 24 heavy (non-hydrogen) atoms. The smallest absolute Gasteiger partial charge is 0.263 e. The van der Waals surface area contributed by atoms with Gasteiger partial charge in [0.15, 0.2) is 0 Å². The van der Waals surface area contributed by atoms with Crippen LogP contribution < -0.4 is 14.2 Å². The summed E-state index contributed by atoms with van der Waals surface area (Å²) < 4.78 is 57.1. The molecule has 1 heterocycles. The Balaban J connectivity index is 2.20. The number of nitrogens with one attached hydrogen (secondary N) is 2. The Hall–Kier alpha value is -2.40. The highest BCUT2D eigenvalue weighted by Crippen LogP contribution is 2.19. The van der Waals surface area contributed by atoms with Crippen molar-refractivity contribution in [3.63, 3.8) is 0 Å². The standard InChI is InChI=1S/C13H16N4O5S2/c1-3-23(18,19)16-10-4-6-11(7-5-10)24(20,21)17-12-8-13(22-2)15-9-14-12/h4-9,16H,3H2,1-2H3,(H,14,15,17). The maximum Gasteiger partial charge on any atom is 0.263 e. The number of rotatable bonds is 7. The molecule has 0 radical (unpaired) electrons. The Morgan fingerprint density at radius 1 is 1.04 bits per heavy atom. The SMILES string of the molecule is CCS(=O)(=O)Nc1ccc(S(=O)(=O)Nc2cc(OC)ncn2)cc1. The van der Waals surface area contributed by atoms with Crippen molar-refractivity contribution in [1.82, 2.24) is 9.97 Å². The molecule has 0 aliphatic rings. The van der Waals surface area contributed by atoms with Crippen molar-refractivity contribution in [2.24, 2.45) is 0 Å². The first-order chi connectivity index (χ1) is 11.3. The van der Waals surface area contributed by atoms with Crippen molar-refractivity contribution >= 4 is 31.6 Å². The summed E-state index contributed by atoms with van der Waals surface area (Å²) in [7, 11) is -5.90. The van der Waals surface area contributed by atoms with Gasteiger partial charge in [0.1, 0.15) is 12.1 Å². The molecule has 0 saturated heterocycles. The fourth-order valence-electron chi connectivity index (χ4n) is 1.66. The van der Waals surface area contributed by atoms with Gasteiger partial charge in [-0.1, -0.05) is 0 Å². The molecule has 1 aromatic carbocycles. The zero-order valence-corrected chi connectivity index (χ0v) is 14.6. The molecule has 0 spiro atoms. The summed E-state index contributed by atoms with van der Waals surface area (Å²) >= 11 is 0. The van der Waals surface area contributed by atoms with Gasteiger partial charge in [-0.3, -0.25) is 9.44 Å². The number of anilines is 2. The molecule has 0 atom stereocenters. The van der Waals surface area contributed by atoms with E-state index in [1.165, 1.54) is 50.7 Å². The second-order valence-corrected chi connectivity index (χ2v) is 8.27. The highest BCUT2D eigenvalue weighted by molar-refractivity contribution is 7.93. The summed E-state index contributed by atoms with van der Waals surface area (Å²) in [5, 5.41) is 0. The summed E-state index contributed by atoms with van der Waals surface area (Å²) in [6.07, 6.45) is 1.17. The summed E-state index contributed by atoms with van der Waals surface area (Å²) in [5.41, 5.74) is 0.277. The van der Waals surface area contributed by atoms with Gasteiger partial charge in [0.25, 0.3) is 10.0 Å². The number of sulfonamides is 2. The zero-order chi connectivity index (χ0) is 17.8. The average molecular weight is 372 g/mol. The summed E-state index contributed by atoms with van der Waals surface area (Å²) in [4.78, 5) is 7.54. The molecule has 0 unspecified atom stereocenters. The van der Waals surface area contributed by atoms with Gasteiger partial charge >= 0.3 is 0 Å². The van der Waals surface area contributed by atoms with Crippen LogP contribution in [-0.4, -0.2) is 39.7 Å². The van der Waals surface area contributed by atoms with Crippen LogP contribution in [0.4, 0.5) is 11.5 Å². The van der Waals surface area contributed by atoms with Crippen LogP contribution in [0, 0.1) is 0 Å². The molecule has 2 aromatic rings. The summed E-state index contributed by atoms with van der Waals surface area (Å²) in [5.74, 6) is 0.189. The third-order valence-corrected chi connectivity index (χ3v) is 5.59. The number of ether oxygens (including phenoxy) is 1. The molecule has 0 amide bonds. The zero-order valence-electron chi connectivity index (χ0n) is 12.9. The third-order valence-electron chi connectivity index (χ3n) is 2.91. The van der Waals surface area contributed by atoms with Crippen LogP contribution in [0.15, 0.2) is 41.6 Å². The lowest BCUT2D eigenvalue weighted by molar-refractivity contribution is 0.397. The Morgan fingerprint density at radius 3 is 2.29 bits per heavy atom. The molecule has 2 N–H and O–H groups in total. The Morgan fingerprint density at radius 2 is 1.71 bits per heavy atom. The first kappa shape index (κ1) is 17.9. The number of methoxy groups -OCH3 is 1. The Kier molecular flexibility index (Phi) is 5.24. The molecule has 2 rings (SSSR count). The predicted octanol–water partition coefficient (Wildman–Crippen LogP) is 1.05. The van der Waals surface area contributed by atoms with Crippen LogP contribution in [0.3, 0.4) is 0 Å². The number of aromatic nitrogens is 2. The fraction of sp³-hybridized carbons (Fsp3) is 0.231. The summed E-state index contributed by atoms with van der Waals surface area (Å²) in [6.45, 7) is 1.50. The maximum atomic E-state index is 12.3. The van der Waals surface area contributed by atoms with Crippen LogP contribution in [0.2, 0.25) is 0 Å². The minimum absolute atomic E-state index is 0.0421. The van der Waals surface area contributed by atoms with E-state index in [9.17, 15) is 16.8 Å². The Bertz CT molecular complexity index is 912. The Labute approximate surface area is 140 Å². The molecule has 0 saturated carbocycles. The fourth-order valence-corrected chi connectivity index (χ4v) is 3.30. The normalized spacial score (nSPS) is 11.8. The van der Waals surface area contributed by atoms with Crippen molar-refractivity contribution in [2.75, 3.05) is 22.3 Å². The van der Waals surface area contributed by atoms with Gasteiger partial charge in [0, 0.05) is 11.8 Å². The summed E-state index contributed by atoms with van der Waals surface area (Å²) in [6, 6.07) is 6.63. The van der Waals surface area contributed by atoms with Crippen molar-refractivity contribution in [1.29, 1.82) is 0 Å². The van der Waals surface area contributed by atoms with Crippen molar-refractivity contribution in [3.05, 3.63) is 36.7 Å². The molecule has 0 bridgehead atoms. The van der Waals surface area contributed by atoms with E-state index in [2.05, 4.69) is 19.4 Å². The molecule has 130 valence electrons. The van der Waals surface area contributed by atoms with Gasteiger partial charge in [0.2, 0.25) is 15.9 Å². The first-order valence-electron chi connectivity index (χ1n) is 6.75. The van der Waals surface area contributed by atoms with Crippen LogP contribution in [0.25, 0.3) is 0 Å². The van der Waals surface area contributed by atoms with Crippen molar-refractivity contribution < 1.29 is 21.6 Å². The van der Waals surface area contributed by atoms with E-state index < -0.39 is 20.0 Å². The predicted molar refractivity (Wildman–Crippen MR) is 88.9 cm³/mol. The number of hydrogen-bond donors (Lipinski definition) is 2. The van der Waals surface area contributed by atoms with Gasteiger partial charge in [-0.25, -0.2) is 26.8 Å². The first-order valence-corrected chi connectivity index (χ1v) is 9.88. The van der Waals surface area contributed by atoms with Gasteiger partial charge in [-0.2, -0.15) is 0 Å². The minimum Gasteiger partial charge on any atom is -0.481 e. The lowest BCUT2D eigenvalue weighted by Crippen LogP contribution is -2.16. The van der Waals surface area contributed by atoms with Crippen molar-refractivity contribution in [2.45, 2.75) is 11.8 Å². The maximum absolute atomic E-state index is 12.3. The van der Waals surface area contributed by atoms with Gasteiger partial charge in [-0.05, 0) is 31.2 Å². The molecular formula is C13H16N4O5S2. The van der Waals surface area contributed by atoms with Crippen molar-refractivity contribution in [3.8, 4) is 5.88 Å². The molecule has 0 fully saturated rings. The monoisotopic (exact) mass is 372 g/mol. The van der Waals surface area contributed by atoms with Gasteiger partial charge in [0.05, 0.1) is 17.8 Å². The molecule has 1 aromatic heterocycles. The van der Waals surface area contributed by atoms with Gasteiger partial charge in [-0.15, -0.1) is 0 Å². The average Bonchev–Trinajstić information content (AvgIpc) is 2.55.